The minimum atomic E-state index is 0.779. The van der Waals surface area contributed by atoms with Gasteiger partial charge in [-0.3, -0.25) is 0 Å². The minimum Gasteiger partial charge on any atom is -0.0804 e. The van der Waals surface area contributed by atoms with Gasteiger partial charge in [-0.05, 0) is 90.5 Å². The van der Waals surface area contributed by atoms with Gasteiger partial charge in [-0.25, -0.2) is 0 Å². The molecule has 1 unspecified atom stereocenters. The molecule has 0 bridgehead atoms. The number of allylic oxidation sites excluding steroid dienone is 2. The van der Waals surface area contributed by atoms with E-state index in [1.54, 1.807) is 11.1 Å². The third-order valence-electron chi connectivity index (χ3n) is 9.52. The highest BCUT2D eigenvalue weighted by molar-refractivity contribution is 5.71. The van der Waals surface area contributed by atoms with Gasteiger partial charge in [0.2, 0.25) is 0 Å². The predicted molar refractivity (Wildman–Crippen MR) is 164 cm³/mol. The second-order valence-corrected chi connectivity index (χ2v) is 12.3. The average Bonchev–Trinajstić information content (AvgIpc) is 2.96. The van der Waals surface area contributed by atoms with Crippen molar-refractivity contribution in [3.8, 4) is 11.1 Å². The van der Waals surface area contributed by atoms with Crippen molar-refractivity contribution in [1.29, 1.82) is 0 Å². The van der Waals surface area contributed by atoms with E-state index in [1.807, 2.05) is 0 Å². The Balaban J connectivity index is 1.22. The molecule has 202 valence electrons. The highest BCUT2D eigenvalue weighted by Gasteiger charge is 2.22. The van der Waals surface area contributed by atoms with E-state index in [1.165, 1.54) is 132 Å². The van der Waals surface area contributed by atoms with Crippen molar-refractivity contribution < 1.29 is 0 Å². The summed E-state index contributed by atoms with van der Waals surface area (Å²) < 4.78 is 0. The zero-order valence-corrected chi connectivity index (χ0v) is 24.2. The summed E-state index contributed by atoms with van der Waals surface area (Å²) in [6.07, 6.45) is 27.8. The molecule has 0 aromatic heterocycles. The van der Waals surface area contributed by atoms with Crippen LogP contribution in [-0.4, -0.2) is 0 Å². The summed E-state index contributed by atoms with van der Waals surface area (Å²) in [7, 11) is 0. The van der Waals surface area contributed by atoms with E-state index in [4.69, 9.17) is 0 Å². The lowest BCUT2D eigenvalue weighted by atomic mass is 9.77. The van der Waals surface area contributed by atoms with E-state index in [2.05, 4.69) is 68.5 Å². The maximum absolute atomic E-state index is 2.54. The molecule has 0 saturated heterocycles. The number of rotatable bonds is 14. The lowest BCUT2D eigenvalue weighted by Gasteiger charge is -2.29. The van der Waals surface area contributed by atoms with Crippen molar-refractivity contribution in [2.75, 3.05) is 0 Å². The Bertz CT molecular complexity index is 908. The van der Waals surface area contributed by atoms with Gasteiger partial charge in [-0.2, -0.15) is 0 Å². The lowest BCUT2D eigenvalue weighted by molar-refractivity contribution is 0.302. The summed E-state index contributed by atoms with van der Waals surface area (Å²) in [5, 5.41) is 0. The number of benzene rings is 2. The van der Waals surface area contributed by atoms with Crippen LogP contribution in [0.3, 0.4) is 0 Å². The molecule has 2 aromatic carbocycles. The largest absolute Gasteiger partial charge is 0.0804 e. The smallest absolute Gasteiger partial charge is 0.0162 e. The molecule has 0 amide bonds. The molecule has 0 spiro atoms. The highest BCUT2D eigenvalue weighted by atomic mass is 14.3. The summed E-state index contributed by atoms with van der Waals surface area (Å²) in [4.78, 5) is 0. The van der Waals surface area contributed by atoms with Gasteiger partial charge < -0.3 is 0 Å². The number of hydrogen-bond donors (Lipinski definition) is 0. The second kappa shape index (κ2) is 15.6. The van der Waals surface area contributed by atoms with Gasteiger partial charge in [-0.15, -0.1) is 0 Å². The van der Waals surface area contributed by atoms with Crippen molar-refractivity contribution in [3.63, 3.8) is 0 Å². The third-order valence-corrected chi connectivity index (χ3v) is 9.52. The van der Waals surface area contributed by atoms with Crippen molar-refractivity contribution >= 4 is 5.57 Å². The molecule has 37 heavy (non-hydrogen) atoms. The molecule has 1 atom stereocenters. The Morgan fingerprint density at radius 1 is 0.541 bits per heavy atom. The normalized spacial score (nSPS) is 22.1. The van der Waals surface area contributed by atoms with Crippen molar-refractivity contribution in [2.45, 2.75) is 135 Å². The molecule has 0 N–H and O–H groups in total. The van der Waals surface area contributed by atoms with E-state index >= 15 is 0 Å². The van der Waals surface area contributed by atoms with Gasteiger partial charge >= 0.3 is 0 Å². The van der Waals surface area contributed by atoms with E-state index in [0.29, 0.717) is 0 Å². The molecule has 0 heteroatoms. The monoisotopic (exact) mass is 498 g/mol. The van der Waals surface area contributed by atoms with Gasteiger partial charge in [0.15, 0.2) is 0 Å². The Morgan fingerprint density at radius 3 is 1.68 bits per heavy atom. The molecule has 4 rings (SSSR count). The van der Waals surface area contributed by atoms with Crippen molar-refractivity contribution in [1.82, 2.24) is 0 Å². The number of unbranched alkanes of at least 4 members (excludes halogenated alkanes) is 7. The van der Waals surface area contributed by atoms with E-state index in [0.717, 1.165) is 17.8 Å². The lowest BCUT2D eigenvalue weighted by Crippen LogP contribution is -2.13. The fraction of sp³-hybridized carbons (Fsp3) is 0.622. The summed E-state index contributed by atoms with van der Waals surface area (Å²) in [6.45, 7) is 4.61. The topological polar surface area (TPSA) is 0 Å². The first-order valence-electron chi connectivity index (χ1n) is 16.2. The Hall–Kier alpha value is -1.82. The fourth-order valence-corrected chi connectivity index (χ4v) is 6.92. The highest BCUT2D eigenvalue weighted by Crippen LogP contribution is 2.39. The van der Waals surface area contributed by atoms with Crippen LogP contribution in [0.15, 0.2) is 54.6 Å². The van der Waals surface area contributed by atoms with Gasteiger partial charge in [0, 0.05) is 0 Å². The second-order valence-electron chi connectivity index (χ2n) is 12.3. The molecular weight excluding hydrogens is 444 g/mol. The summed E-state index contributed by atoms with van der Waals surface area (Å²) in [6, 6.07) is 19.0. The average molecular weight is 499 g/mol. The zero-order chi connectivity index (χ0) is 25.7. The van der Waals surface area contributed by atoms with Crippen LogP contribution in [0.4, 0.5) is 0 Å². The van der Waals surface area contributed by atoms with Gasteiger partial charge in [-0.1, -0.05) is 139 Å². The first-order valence-corrected chi connectivity index (χ1v) is 16.2. The van der Waals surface area contributed by atoms with E-state index in [9.17, 15) is 0 Å². The molecule has 1 saturated carbocycles. The first kappa shape index (κ1) is 28.2. The van der Waals surface area contributed by atoms with Gasteiger partial charge in [0.05, 0.1) is 0 Å². The van der Waals surface area contributed by atoms with Crippen LogP contribution < -0.4 is 0 Å². The molecule has 2 aliphatic rings. The molecular formula is C37H54. The van der Waals surface area contributed by atoms with Gasteiger partial charge in [0.25, 0.3) is 0 Å². The maximum Gasteiger partial charge on any atom is -0.0162 e. The molecule has 2 aromatic rings. The molecule has 0 heterocycles. The third kappa shape index (κ3) is 8.87. The Morgan fingerprint density at radius 2 is 1.08 bits per heavy atom. The van der Waals surface area contributed by atoms with Gasteiger partial charge in [0.1, 0.15) is 0 Å². The Labute approximate surface area is 229 Å². The van der Waals surface area contributed by atoms with E-state index < -0.39 is 0 Å². The SMILES string of the molecule is CCCCCCC[C@H]1CC[C@H](c2ccc(-c3ccc(C4=CCC(CCCCCC)CC4)cc3)cc2)CC1. The zero-order valence-electron chi connectivity index (χ0n) is 24.2. The van der Waals surface area contributed by atoms with Crippen molar-refractivity contribution in [2.24, 2.45) is 11.8 Å². The van der Waals surface area contributed by atoms with Crippen LogP contribution >= 0.6 is 0 Å². The Kier molecular flexibility index (Phi) is 11.9. The summed E-state index contributed by atoms with van der Waals surface area (Å²) >= 11 is 0. The molecule has 0 radical (unpaired) electrons. The number of hydrogen-bond acceptors (Lipinski definition) is 0. The maximum atomic E-state index is 2.54. The first-order chi connectivity index (χ1) is 18.3. The minimum absolute atomic E-state index is 0.779. The van der Waals surface area contributed by atoms with Crippen LogP contribution in [0.2, 0.25) is 0 Å². The fourth-order valence-electron chi connectivity index (χ4n) is 6.92. The van der Waals surface area contributed by atoms with Crippen molar-refractivity contribution in [3.05, 3.63) is 65.7 Å². The standard InChI is InChI=1S/C37H54/c1-3-5-7-9-11-13-31-16-20-33(21-17-31)35-24-28-37(29-25-35)36-26-22-34(23-27-36)32-18-14-30(15-19-32)12-10-8-6-4-2/h18,22-31,33H,3-17,19-21H2,1-2H3/t30?,31-,33-. The molecule has 0 nitrogen and oxygen atoms in total. The predicted octanol–water partition coefficient (Wildman–Crippen LogP) is 12.1. The molecule has 0 aliphatic heterocycles. The van der Waals surface area contributed by atoms with E-state index in [-0.39, 0.29) is 0 Å². The molecule has 1 fully saturated rings. The van der Waals surface area contributed by atoms with Crippen LogP contribution in [0.1, 0.15) is 146 Å². The molecule has 2 aliphatic carbocycles. The van der Waals surface area contributed by atoms with Crippen LogP contribution in [0.5, 0.6) is 0 Å². The summed E-state index contributed by atoms with van der Waals surface area (Å²) in [5.74, 6) is 2.69. The van der Waals surface area contributed by atoms with Crippen LogP contribution in [0.25, 0.3) is 16.7 Å². The quantitative estimate of drug-likeness (QED) is 0.227. The van der Waals surface area contributed by atoms with Crippen LogP contribution in [0, 0.1) is 11.8 Å². The van der Waals surface area contributed by atoms with Crippen LogP contribution in [-0.2, 0) is 0 Å². The summed E-state index contributed by atoms with van der Waals surface area (Å²) in [5.41, 5.74) is 7.29.